The van der Waals surface area contributed by atoms with Gasteiger partial charge in [0.1, 0.15) is 0 Å². The SMILES string of the molecule is CNC(N)=C(CCSCc1cscn1)[N+](=O)[O-]. The molecule has 94 valence electrons. The number of nitrogens with one attached hydrogen (secondary N) is 1. The molecule has 17 heavy (non-hydrogen) atoms. The van der Waals surface area contributed by atoms with Gasteiger partial charge >= 0.3 is 0 Å². The second-order valence-electron chi connectivity index (χ2n) is 3.15. The predicted octanol–water partition coefficient (Wildman–Crippen LogP) is 1.39. The summed E-state index contributed by atoms with van der Waals surface area (Å²) in [6.45, 7) is 0. The highest BCUT2D eigenvalue weighted by molar-refractivity contribution is 7.98. The van der Waals surface area contributed by atoms with Gasteiger partial charge in [-0.3, -0.25) is 10.1 Å². The molecule has 1 aromatic rings. The molecular formula is C9H14N4O2S2. The number of hydrogen-bond donors (Lipinski definition) is 2. The van der Waals surface area contributed by atoms with Crippen LogP contribution in [0.1, 0.15) is 12.1 Å². The fourth-order valence-electron chi connectivity index (χ4n) is 1.12. The van der Waals surface area contributed by atoms with E-state index < -0.39 is 4.92 Å². The van der Waals surface area contributed by atoms with Crippen molar-refractivity contribution in [2.24, 2.45) is 5.73 Å². The van der Waals surface area contributed by atoms with Crippen LogP contribution in [-0.2, 0) is 5.75 Å². The molecule has 8 heteroatoms. The van der Waals surface area contributed by atoms with Gasteiger partial charge in [-0.1, -0.05) is 0 Å². The molecular weight excluding hydrogens is 260 g/mol. The Morgan fingerprint density at radius 3 is 3.06 bits per heavy atom. The van der Waals surface area contributed by atoms with Gasteiger partial charge in [0.15, 0.2) is 5.82 Å². The van der Waals surface area contributed by atoms with Crippen molar-refractivity contribution in [2.45, 2.75) is 12.2 Å². The summed E-state index contributed by atoms with van der Waals surface area (Å²) in [7, 11) is 1.57. The van der Waals surface area contributed by atoms with Crippen LogP contribution >= 0.6 is 23.1 Å². The number of nitrogens with two attached hydrogens (primary N) is 1. The normalized spacial score (nSPS) is 12.1. The van der Waals surface area contributed by atoms with Crippen molar-refractivity contribution in [3.63, 3.8) is 0 Å². The summed E-state index contributed by atoms with van der Waals surface area (Å²) in [5.41, 5.74) is 8.32. The zero-order chi connectivity index (χ0) is 12.7. The number of nitro groups is 1. The summed E-state index contributed by atoms with van der Waals surface area (Å²) in [5, 5.41) is 15.3. The monoisotopic (exact) mass is 274 g/mol. The lowest BCUT2D eigenvalue weighted by atomic mass is 10.3. The Labute approximate surface area is 107 Å². The van der Waals surface area contributed by atoms with Gasteiger partial charge in [-0.15, -0.1) is 11.3 Å². The maximum atomic E-state index is 10.7. The molecule has 0 bridgehead atoms. The molecule has 0 aliphatic carbocycles. The molecule has 0 saturated heterocycles. The Bertz CT molecular complexity index is 392. The molecule has 0 fully saturated rings. The minimum atomic E-state index is -0.435. The summed E-state index contributed by atoms with van der Waals surface area (Å²) in [5.74, 6) is 1.55. The average Bonchev–Trinajstić information content (AvgIpc) is 2.80. The van der Waals surface area contributed by atoms with Crippen LogP contribution in [0, 0.1) is 10.1 Å². The van der Waals surface area contributed by atoms with Crippen LogP contribution in [0.15, 0.2) is 22.4 Å². The highest BCUT2D eigenvalue weighted by Crippen LogP contribution is 2.16. The van der Waals surface area contributed by atoms with Gasteiger partial charge in [0.25, 0.3) is 5.70 Å². The number of hydrogen-bond acceptors (Lipinski definition) is 7. The summed E-state index contributed by atoms with van der Waals surface area (Å²) in [6.07, 6.45) is 0.342. The lowest BCUT2D eigenvalue weighted by Crippen LogP contribution is -2.21. The number of thiazole rings is 1. The van der Waals surface area contributed by atoms with E-state index in [0.29, 0.717) is 12.2 Å². The van der Waals surface area contributed by atoms with E-state index in [1.807, 2.05) is 5.38 Å². The van der Waals surface area contributed by atoms with Crippen molar-refractivity contribution in [1.29, 1.82) is 0 Å². The standard InChI is InChI=1S/C9H14N4O2S2/c1-11-9(10)8(13(14)15)2-3-16-4-7-5-17-6-12-7/h5-6,11H,2-4,10H2,1H3. The second kappa shape index (κ2) is 7.13. The predicted molar refractivity (Wildman–Crippen MR) is 70.2 cm³/mol. The average molecular weight is 274 g/mol. The van der Waals surface area contributed by atoms with Gasteiger partial charge in [0.2, 0.25) is 0 Å². The quantitative estimate of drug-likeness (QED) is 0.443. The van der Waals surface area contributed by atoms with Crippen LogP contribution in [0.3, 0.4) is 0 Å². The maximum Gasteiger partial charge on any atom is 0.286 e. The van der Waals surface area contributed by atoms with Crippen LogP contribution in [0.5, 0.6) is 0 Å². The Morgan fingerprint density at radius 2 is 2.53 bits per heavy atom. The molecule has 1 rings (SSSR count). The first kappa shape index (κ1) is 13.8. The smallest absolute Gasteiger partial charge is 0.286 e. The summed E-state index contributed by atoms with van der Waals surface area (Å²) < 4.78 is 0. The maximum absolute atomic E-state index is 10.7. The first-order chi connectivity index (χ1) is 8.15. The van der Waals surface area contributed by atoms with Crippen molar-refractivity contribution in [3.8, 4) is 0 Å². The number of aromatic nitrogens is 1. The van der Waals surface area contributed by atoms with E-state index in [0.717, 1.165) is 11.4 Å². The summed E-state index contributed by atoms with van der Waals surface area (Å²) in [6, 6.07) is 0. The first-order valence-corrected chi connectivity index (χ1v) is 7.00. The second-order valence-corrected chi connectivity index (χ2v) is 4.97. The number of thioether (sulfide) groups is 1. The van der Waals surface area contributed by atoms with E-state index in [4.69, 9.17) is 5.73 Å². The molecule has 0 radical (unpaired) electrons. The van der Waals surface area contributed by atoms with E-state index in [1.165, 1.54) is 0 Å². The molecule has 0 amide bonds. The lowest BCUT2D eigenvalue weighted by Gasteiger charge is -2.03. The Morgan fingerprint density at radius 1 is 1.76 bits per heavy atom. The zero-order valence-electron chi connectivity index (χ0n) is 9.38. The van der Waals surface area contributed by atoms with Crippen LogP contribution < -0.4 is 11.1 Å². The molecule has 3 N–H and O–H groups in total. The molecule has 0 atom stereocenters. The third-order valence-corrected chi connectivity index (χ3v) is 3.65. The molecule has 0 saturated carbocycles. The minimum Gasteiger partial charge on any atom is -0.380 e. The Balaban J connectivity index is 2.36. The van der Waals surface area contributed by atoms with Crippen molar-refractivity contribution < 1.29 is 4.92 Å². The van der Waals surface area contributed by atoms with Crippen molar-refractivity contribution in [1.82, 2.24) is 10.3 Å². The number of nitrogens with zero attached hydrogens (tertiary/aromatic N) is 2. The highest BCUT2D eigenvalue weighted by Gasteiger charge is 2.15. The van der Waals surface area contributed by atoms with E-state index in [9.17, 15) is 10.1 Å². The van der Waals surface area contributed by atoms with Crippen LogP contribution in [0.4, 0.5) is 0 Å². The molecule has 1 aromatic heterocycles. The molecule has 0 unspecified atom stereocenters. The zero-order valence-corrected chi connectivity index (χ0v) is 11.0. The molecule has 0 aliphatic heterocycles. The molecule has 0 spiro atoms. The largest absolute Gasteiger partial charge is 0.380 e. The fraction of sp³-hybridized carbons (Fsp3) is 0.444. The first-order valence-electron chi connectivity index (χ1n) is 4.90. The molecule has 6 nitrogen and oxygen atoms in total. The van der Waals surface area contributed by atoms with E-state index in [2.05, 4.69) is 10.3 Å². The van der Waals surface area contributed by atoms with Crippen molar-refractivity contribution in [3.05, 3.63) is 38.2 Å². The molecule has 1 heterocycles. The lowest BCUT2D eigenvalue weighted by molar-refractivity contribution is -0.429. The van der Waals surface area contributed by atoms with Crippen LogP contribution in [0.2, 0.25) is 0 Å². The number of allylic oxidation sites excluding steroid dienone is 1. The highest BCUT2D eigenvalue weighted by atomic mass is 32.2. The van der Waals surface area contributed by atoms with Crippen molar-refractivity contribution in [2.75, 3.05) is 12.8 Å². The van der Waals surface area contributed by atoms with Gasteiger partial charge in [-0.2, -0.15) is 11.8 Å². The molecule has 0 aliphatic rings. The van der Waals surface area contributed by atoms with Gasteiger partial charge in [-0.25, -0.2) is 4.98 Å². The van der Waals surface area contributed by atoms with Gasteiger partial charge in [-0.05, 0) is 0 Å². The van der Waals surface area contributed by atoms with E-state index >= 15 is 0 Å². The van der Waals surface area contributed by atoms with Crippen molar-refractivity contribution >= 4 is 23.1 Å². The van der Waals surface area contributed by atoms with Crippen LogP contribution in [-0.4, -0.2) is 22.7 Å². The topological polar surface area (TPSA) is 94.1 Å². The minimum absolute atomic E-state index is 0.0401. The Hall–Kier alpha value is -1.28. The number of rotatable bonds is 7. The van der Waals surface area contributed by atoms with Gasteiger partial charge < -0.3 is 11.1 Å². The Kier molecular flexibility index (Phi) is 5.78. The van der Waals surface area contributed by atoms with Crippen LogP contribution in [0.25, 0.3) is 0 Å². The fourth-order valence-corrected chi connectivity index (χ4v) is 2.64. The summed E-state index contributed by atoms with van der Waals surface area (Å²) in [4.78, 5) is 14.4. The summed E-state index contributed by atoms with van der Waals surface area (Å²) >= 11 is 3.15. The van der Waals surface area contributed by atoms with Gasteiger partial charge in [0.05, 0.1) is 22.5 Å². The molecule has 0 aromatic carbocycles. The third-order valence-electron chi connectivity index (χ3n) is 2.02. The van der Waals surface area contributed by atoms with E-state index in [-0.39, 0.29) is 11.5 Å². The third kappa shape index (κ3) is 4.61. The van der Waals surface area contributed by atoms with Gasteiger partial charge in [0, 0.05) is 23.9 Å². The van der Waals surface area contributed by atoms with E-state index in [1.54, 1.807) is 35.7 Å².